The van der Waals surface area contributed by atoms with Gasteiger partial charge in [-0.05, 0) is 24.0 Å². The van der Waals surface area contributed by atoms with Crippen molar-refractivity contribution < 1.29 is 9.53 Å². The van der Waals surface area contributed by atoms with Gasteiger partial charge in [-0.2, -0.15) is 0 Å². The van der Waals surface area contributed by atoms with Crippen molar-refractivity contribution in [2.45, 2.75) is 32.7 Å². The molecule has 2 atom stereocenters. The molecule has 1 aromatic rings. The first-order valence-electron chi connectivity index (χ1n) is 7.41. The van der Waals surface area contributed by atoms with E-state index in [1.54, 1.807) is 0 Å². The summed E-state index contributed by atoms with van der Waals surface area (Å²) in [5.41, 5.74) is 2.11. The van der Waals surface area contributed by atoms with Crippen LogP contribution >= 0.6 is 0 Å². The highest BCUT2D eigenvalue weighted by Crippen LogP contribution is 2.28. The van der Waals surface area contributed by atoms with E-state index >= 15 is 0 Å². The summed E-state index contributed by atoms with van der Waals surface area (Å²) in [6, 6.07) is 6.57. The van der Waals surface area contributed by atoms with Crippen LogP contribution in [-0.4, -0.2) is 36.5 Å². The number of fused-ring (bicyclic) bond motifs is 1. The number of anilines is 1. The van der Waals surface area contributed by atoms with E-state index in [-0.39, 0.29) is 5.91 Å². The molecule has 1 amide bonds. The molecule has 0 saturated carbocycles. The van der Waals surface area contributed by atoms with Gasteiger partial charge in [-0.3, -0.25) is 9.69 Å². The fourth-order valence-corrected chi connectivity index (χ4v) is 2.71. The lowest BCUT2D eigenvalue weighted by Crippen LogP contribution is -2.19. The van der Waals surface area contributed by atoms with Crippen molar-refractivity contribution in [1.82, 2.24) is 4.90 Å². The van der Waals surface area contributed by atoms with Gasteiger partial charge in [-0.25, -0.2) is 0 Å². The Morgan fingerprint density at radius 2 is 2.25 bits per heavy atom. The number of hydrogen-bond donors (Lipinski definition) is 1. The van der Waals surface area contributed by atoms with E-state index in [2.05, 4.69) is 30.1 Å². The fraction of sp³-hybridized carbons (Fsp3) is 0.562. The van der Waals surface area contributed by atoms with Crippen molar-refractivity contribution in [3.8, 4) is 5.75 Å². The largest absolute Gasteiger partial charge is 0.492 e. The van der Waals surface area contributed by atoms with Gasteiger partial charge in [0.05, 0.1) is 6.04 Å². The van der Waals surface area contributed by atoms with E-state index < -0.39 is 0 Å². The Morgan fingerprint density at radius 1 is 1.40 bits per heavy atom. The predicted octanol–water partition coefficient (Wildman–Crippen LogP) is 2.29. The molecule has 108 valence electrons. The normalized spacial score (nSPS) is 24.2. The van der Waals surface area contributed by atoms with Crippen molar-refractivity contribution >= 4 is 11.6 Å². The van der Waals surface area contributed by atoms with Gasteiger partial charge in [0.25, 0.3) is 0 Å². The molecular weight excluding hydrogens is 252 g/mol. The van der Waals surface area contributed by atoms with E-state index in [4.69, 9.17) is 4.74 Å². The standard InChI is InChI=1S/C16H22N2O2/c1-11(2)8-18-9-13(18)10-20-14-5-3-12-4-6-16(19)17-15(12)7-14/h3,5,7,11,13H,4,6,8-10H2,1-2H3,(H,17,19). The Hall–Kier alpha value is -1.55. The van der Waals surface area contributed by atoms with Crippen LogP contribution in [0.3, 0.4) is 0 Å². The van der Waals surface area contributed by atoms with Crippen molar-refractivity contribution in [2.75, 3.05) is 25.0 Å². The van der Waals surface area contributed by atoms with Crippen molar-refractivity contribution in [3.63, 3.8) is 0 Å². The lowest BCUT2D eigenvalue weighted by molar-refractivity contribution is -0.116. The maximum absolute atomic E-state index is 11.4. The molecule has 20 heavy (non-hydrogen) atoms. The third-order valence-corrected chi connectivity index (χ3v) is 3.85. The third kappa shape index (κ3) is 3.12. The van der Waals surface area contributed by atoms with Gasteiger partial charge in [0.2, 0.25) is 5.91 Å². The molecule has 2 aliphatic rings. The van der Waals surface area contributed by atoms with Crippen molar-refractivity contribution in [1.29, 1.82) is 0 Å². The first-order chi connectivity index (χ1) is 9.61. The number of carbonyl (C=O) groups is 1. The summed E-state index contributed by atoms with van der Waals surface area (Å²) in [6.45, 7) is 7.50. The lowest BCUT2D eigenvalue weighted by atomic mass is 10.0. The highest BCUT2D eigenvalue weighted by Gasteiger charge is 2.34. The zero-order chi connectivity index (χ0) is 14.1. The maximum atomic E-state index is 11.4. The minimum absolute atomic E-state index is 0.0972. The van der Waals surface area contributed by atoms with Gasteiger partial charge < -0.3 is 10.1 Å². The Labute approximate surface area is 120 Å². The van der Waals surface area contributed by atoms with Crippen molar-refractivity contribution in [3.05, 3.63) is 23.8 Å². The maximum Gasteiger partial charge on any atom is 0.224 e. The SMILES string of the molecule is CC(C)CN1CC1COc1ccc2c(c1)NC(=O)CC2. The van der Waals surface area contributed by atoms with Crippen LogP contribution in [0.4, 0.5) is 5.69 Å². The van der Waals surface area contributed by atoms with Crippen LogP contribution in [0.15, 0.2) is 18.2 Å². The molecule has 0 aromatic heterocycles. The molecule has 2 heterocycles. The number of ether oxygens (including phenoxy) is 1. The van der Waals surface area contributed by atoms with Crippen LogP contribution in [0.2, 0.25) is 0 Å². The summed E-state index contributed by atoms with van der Waals surface area (Å²) in [4.78, 5) is 13.8. The summed E-state index contributed by atoms with van der Waals surface area (Å²) in [5, 5.41) is 2.91. The van der Waals surface area contributed by atoms with Crippen LogP contribution in [0.5, 0.6) is 5.75 Å². The average molecular weight is 274 g/mol. The number of hydrogen-bond acceptors (Lipinski definition) is 3. The number of rotatable bonds is 5. The van der Waals surface area contributed by atoms with Crippen LogP contribution in [0.1, 0.15) is 25.8 Å². The molecule has 2 aliphatic heterocycles. The second-order valence-electron chi connectivity index (χ2n) is 6.18. The second kappa shape index (κ2) is 5.44. The first kappa shape index (κ1) is 13.4. The summed E-state index contributed by atoms with van der Waals surface area (Å²) in [6.07, 6.45) is 1.41. The Balaban J connectivity index is 1.54. The molecule has 0 bridgehead atoms. The molecule has 2 unspecified atom stereocenters. The molecule has 0 radical (unpaired) electrons. The molecule has 1 saturated heterocycles. The monoisotopic (exact) mass is 274 g/mol. The van der Waals surface area contributed by atoms with E-state index in [0.717, 1.165) is 37.6 Å². The van der Waals surface area contributed by atoms with Gasteiger partial charge in [0.15, 0.2) is 0 Å². The zero-order valence-corrected chi connectivity index (χ0v) is 12.2. The van der Waals surface area contributed by atoms with Gasteiger partial charge in [0, 0.05) is 31.3 Å². The topological polar surface area (TPSA) is 41.3 Å². The summed E-state index contributed by atoms with van der Waals surface area (Å²) in [7, 11) is 0. The Morgan fingerprint density at radius 3 is 3.05 bits per heavy atom. The number of aryl methyl sites for hydroxylation is 1. The van der Waals surface area contributed by atoms with E-state index in [1.165, 1.54) is 5.56 Å². The molecule has 0 aliphatic carbocycles. The van der Waals surface area contributed by atoms with Crippen LogP contribution < -0.4 is 10.1 Å². The molecule has 1 N–H and O–H groups in total. The van der Waals surface area contributed by atoms with Gasteiger partial charge >= 0.3 is 0 Å². The lowest BCUT2D eigenvalue weighted by Gasteiger charge is -2.17. The number of carbonyl (C=O) groups excluding carboxylic acids is 1. The van der Waals surface area contributed by atoms with E-state index in [1.807, 2.05) is 12.1 Å². The summed E-state index contributed by atoms with van der Waals surface area (Å²) >= 11 is 0. The van der Waals surface area contributed by atoms with Gasteiger partial charge in [0.1, 0.15) is 12.4 Å². The molecule has 1 fully saturated rings. The average Bonchev–Trinajstić information content (AvgIpc) is 3.13. The zero-order valence-electron chi connectivity index (χ0n) is 12.2. The third-order valence-electron chi connectivity index (χ3n) is 3.85. The molecule has 0 spiro atoms. The second-order valence-corrected chi connectivity index (χ2v) is 6.18. The quantitative estimate of drug-likeness (QED) is 0.838. The van der Waals surface area contributed by atoms with Gasteiger partial charge in [-0.15, -0.1) is 0 Å². The summed E-state index contributed by atoms with van der Waals surface area (Å²) in [5.74, 6) is 1.65. The smallest absolute Gasteiger partial charge is 0.224 e. The molecule has 1 aromatic carbocycles. The predicted molar refractivity (Wildman–Crippen MR) is 79.1 cm³/mol. The highest BCUT2D eigenvalue weighted by molar-refractivity contribution is 5.94. The minimum atomic E-state index is 0.0972. The molecule has 3 rings (SSSR count). The number of amides is 1. The molecule has 4 nitrogen and oxygen atoms in total. The van der Waals surface area contributed by atoms with E-state index in [0.29, 0.717) is 18.4 Å². The highest BCUT2D eigenvalue weighted by atomic mass is 16.5. The molecule has 4 heteroatoms. The van der Waals surface area contributed by atoms with Crippen LogP contribution in [0, 0.1) is 5.92 Å². The number of nitrogens with zero attached hydrogens (tertiary/aromatic N) is 1. The molecular formula is C16H22N2O2. The fourth-order valence-electron chi connectivity index (χ4n) is 2.71. The van der Waals surface area contributed by atoms with Crippen LogP contribution in [-0.2, 0) is 11.2 Å². The first-order valence-corrected chi connectivity index (χ1v) is 7.41. The minimum Gasteiger partial charge on any atom is -0.492 e. The van der Waals surface area contributed by atoms with E-state index in [9.17, 15) is 4.79 Å². The number of nitrogens with one attached hydrogen (secondary N) is 1. The van der Waals surface area contributed by atoms with Crippen LogP contribution in [0.25, 0.3) is 0 Å². The van der Waals surface area contributed by atoms with Gasteiger partial charge in [-0.1, -0.05) is 19.9 Å². The number of benzene rings is 1. The Bertz CT molecular complexity index is 513. The Kier molecular flexibility index (Phi) is 3.66. The summed E-state index contributed by atoms with van der Waals surface area (Å²) < 4.78 is 5.85. The van der Waals surface area contributed by atoms with Crippen molar-refractivity contribution in [2.24, 2.45) is 5.92 Å².